The summed E-state index contributed by atoms with van der Waals surface area (Å²) in [6.45, 7) is 6.51. The maximum absolute atomic E-state index is 10.2. The maximum Gasteiger partial charge on any atom is 0.274 e. The molecule has 0 aromatic rings. The van der Waals surface area contributed by atoms with E-state index in [1.807, 2.05) is 0 Å². The van der Waals surface area contributed by atoms with Crippen LogP contribution in [0.5, 0.6) is 0 Å². The standard InChI is InChI=1S/C5H7NO2/c1-3-4(2)5(7)6-8/h3,8H,1-2H2,(H,6,7). The van der Waals surface area contributed by atoms with E-state index >= 15 is 0 Å². The van der Waals surface area contributed by atoms with Crippen LogP contribution in [0.25, 0.3) is 0 Å². The first kappa shape index (κ1) is 6.91. The normalized spacial score (nSPS) is 7.62. The monoisotopic (exact) mass is 113 g/mol. The molecule has 2 N–H and O–H groups in total. The molecule has 0 spiro atoms. The number of nitrogens with one attached hydrogen (secondary N) is 1. The molecule has 3 heteroatoms. The van der Waals surface area contributed by atoms with Crippen molar-refractivity contribution in [1.29, 1.82) is 0 Å². The van der Waals surface area contributed by atoms with Crippen molar-refractivity contribution >= 4 is 5.91 Å². The minimum atomic E-state index is -0.625. The second-order valence-electron chi connectivity index (χ2n) is 1.17. The number of hydrogen-bond acceptors (Lipinski definition) is 2. The van der Waals surface area contributed by atoms with E-state index in [9.17, 15) is 4.79 Å². The topological polar surface area (TPSA) is 49.3 Å². The van der Waals surface area contributed by atoms with E-state index in [1.54, 1.807) is 0 Å². The van der Waals surface area contributed by atoms with Gasteiger partial charge in [0.05, 0.1) is 0 Å². The largest absolute Gasteiger partial charge is 0.288 e. The predicted molar refractivity (Wildman–Crippen MR) is 29.3 cm³/mol. The minimum Gasteiger partial charge on any atom is -0.288 e. The highest BCUT2D eigenvalue weighted by Crippen LogP contribution is 1.86. The van der Waals surface area contributed by atoms with Crippen molar-refractivity contribution in [2.45, 2.75) is 0 Å². The van der Waals surface area contributed by atoms with Gasteiger partial charge in [-0.3, -0.25) is 10.0 Å². The number of carbonyl (C=O) groups excluding carboxylic acids is 1. The Hall–Kier alpha value is -1.09. The molecule has 0 heterocycles. The molecule has 0 aliphatic rings. The van der Waals surface area contributed by atoms with Crippen molar-refractivity contribution in [1.82, 2.24) is 5.48 Å². The third kappa shape index (κ3) is 1.57. The fourth-order valence-electron chi connectivity index (χ4n) is 0.165. The molecule has 0 radical (unpaired) electrons. The van der Waals surface area contributed by atoms with Gasteiger partial charge in [0, 0.05) is 5.57 Å². The highest BCUT2D eigenvalue weighted by molar-refractivity contribution is 5.94. The number of rotatable bonds is 2. The number of amides is 1. The number of hydroxylamine groups is 1. The Morgan fingerprint density at radius 2 is 2.25 bits per heavy atom. The average molecular weight is 113 g/mol. The molecule has 44 valence electrons. The third-order valence-corrected chi connectivity index (χ3v) is 0.640. The lowest BCUT2D eigenvalue weighted by Crippen LogP contribution is -2.18. The Bertz CT molecular complexity index is 128. The molecular formula is C5H7NO2. The van der Waals surface area contributed by atoms with Crippen molar-refractivity contribution in [3.8, 4) is 0 Å². The van der Waals surface area contributed by atoms with Gasteiger partial charge in [0.15, 0.2) is 0 Å². The molecule has 0 rings (SSSR count). The summed E-state index contributed by atoms with van der Waals surface area (Å²) in [4.78, 5) is 10.2. The zero-order valence-corrected chi connectivity index (χ0v) is 4.35. The Kier molecular flexibility index (Phi) is 2.58. The second kappa shape index (κ2) is 2.98. The van der Waals surface area contributed by atoms with Crippen LogP contribution in [-0.2, 0) is 4.79 Å². The zero-order valence-electron chi connectivity index (χ0n) is 4.35. The molecule has 8 heavy (non-hydrogen) atoms. The molecule has 0 aromatic heterocycles. The molecule has 0 saturated heterocycles. The van der Waals surface area contributed by atoms with Gasteiger partial charge in [-0.05, 0) is 0 Å². The molecule has 0 aliphatic carbocycles. The lowest BCUT2D eigenvalue weighted by Gasteiger charge is -1.92. The fraction of sp³-hybridized carbons (Fsp3) is 0. The van der Waals surface area contributed by atoms with E-state index in [1.165, 1.54) is 11.6 Å². The van der Waals surface area contributed by atoms with E-state index < -0.39 is 5.91 Å². The quantitative estimate of drug-likeness (QED) is 0.233. The molecule has 3 nitrogen and oxygen atoms in total. The molecule has 0 saturated carbocycles. The molecule has 0 bridgehead atoms. The van der Waals surface area contributed by atoms with Crippen LogP contribution in [0, 0.1) is 0 Å². The van der Waals surface area contributed by atoms with Gasteiger partial charge >= 0.3 is 0 Å². The van der Waals surface area contributed by atoms with Gasteiger partial charge in [0.1, 0.15) is 0 Å². The predicted octanol–water partition coefficient (Wildman–Crippen LogP) is 0.234. The first-order valence-electron chi connectivity index (χ1n) is 1.98. The Balaban J connectivity index is 3.82. The van der Waals surface area contributed by atoms with Gasteiger partial charge in [-0.2, -0.15) is 0 Å². The van der Waals surface area contributed by atoms with E-state index in [2.05, 4.69) is 13.2 Å². The summed E-state index contributed by atoms with van der Waals surface area (Å²) >= 11 is 0. The summed E-state index contributed by atoms with van der Waals surface area (Å²) in [6, 6.07) is 0. The number of hydrogen-bond donors (Lipinski definition) is 2. The zero-order chi connectivity index (χ0) is 6.57. The van der Waals surface area contributed by atoms with Crippen LogP contribution in [0.2, 0.25) is 0 Å². The van der Waals surface area contributed by atoms with Crippen molar-refractivity contribution in [2.75, 3.05) is 0 Å². The first-order chi connectivity index (χ1) is 3.72. The fourth-order valence-corrected chi connectivity index (χ4v) is 0.165. The second-order valence-corrected chi connectivity index (χ2v) is 1.17. The summed E-state index contributed by atoms with van der Waals surface area (Å²) in [5.74, 6) is -0.625. The van der Waals surface area contributed by atoms with E-state index in [0.29, 0.717) is 0 Å². The smallest absolute Gasteiger partial charge is 0.274 e. The number of carbonyl (C=O) groups is 1. The molecule has 0 aromatic carbocycles. The van der Waals surface area contributed by atoms with Crippen LogP contribution in [0.4, 0.5) is 0 Å². The third-order valence-electron chi connectivity index (χ3n) is 0.640. The Morgan fingerprint density at radius 1 is 1.75 bits per heavy atom. The lowest BCUT2D eigenvalue weighted by molar-refractivity contribution is -0.124. The van der Waals surface area contributed by atoms with Crippen molar-refractivity contribution in [3.63, 3.8) is 0 Å². The van der Waals surface area contributed by atoms with Crippen LogP contribution < -0.4 is 5.48 Å². The highest BCUT2D eigenvalue weighted by atomic mass is 16.5. The van der Waals surface area contributed by atoms with E-state index in [-0.39, 0.29) is 5.57 Å². The van der Waals surface area contributed by atoms with Crippen molar-refractivity contribution in [3.05, 3.63) is 24.8 Å². The van der Waals surface area contributed by atoms with Crippen LogP contribution in [0.15, 0.2) is 24.8 Å². The lowest BCUT2D eigenvalue weighted by atomic mass is 10.3. The first-order valence-corrected chi connectivity index (χ1v) is 1.98. The van der Waals surface area contributed by atoms with Gasteiger partial charge in [-0.1, -0.05) is 19.2 Å². The van der Waals surface area contributed by atoms with E-state index in [0.717, 1.165) is 0 Å². The summed E-state index contributed by atoms with van der Waals surface area (Å²) in [5.41, 5.74) is 1.55. The van der Waals surface area contributed by atoms with E-state index in [4.69, 9.17) is 5.21 Å². The van der Waals surface area contributed by atoms with Crippen molar-refractivity contribution in [2.24, 2.45) is 0 Å². The summed E-state index contributed by atoms with van der Waals surface area (Å²) in [6.07, 6.45) is 1.26. The van der Waals surface area contributed by atoms with Crippen LogP contribution in [0.1, 0.15) is 0 Å². The molecule has 1 amide bonds. The van der Waals surface area contributed by atoms with Gasteiger partial charge in [0.25, 0.3) is 5.91 Å². The summed E-state index contributed by atoms with van der Waals surface area (Å²) in [7, 11) is 0. The SMILES string of the molecule is C=CC(=C)C(=O)NO. The van der Waals surface area contributed by atoms with Crippen LogP contribution in [-0.4, -0.2) is 11.1 Å². The molecule has 0 aliphatic heterocycles. The van der Waals surface area contributed by atoms with Crippen LogP contribution >= 0.6 is 0 Å². The Morgan fingerprint density at radius 3 is 2.38 bits per heavy atom. The van der Waals surface area contributed by atoms with Gasteiger partial charge in [-0.25, -0.2) is 5.48 Å². The maximum atomic E-state index is 10.2. The average Bonchev–Trinajstić information content (AvgIpc) is 1.84. The molecule has 0 unspecified atom stereocenters. The molecular weight excluding hydrogens is 106 g/mol. The summed E-state index contributed by atoms with van der Waals surface area (Å²) < 4.78 is 0. The van der Waals surface area contributed by atoms with Gasteiger partial charge < -0.3 is 0 Å². The molecule has 0 atom stereocenters. The minimum absolute atomic E-state index is 0.146. The summed E-state index contributed by atoms with van der Waals surface area (Å²) in [5, 5.41) is 7.93. The van der Waals surface area contributed by atoms with Gasteiger partial charge in [0.2, 0.25) is 0 Å². The highest BCUT2D eigenvalue weighted by Gasteiger charge is 1.96. The van der Waals surface area contributed by atoms with Crippen LogP contribution in [0.3, 0.4) is 0 Å². The molecule has 0 fully saturated rings. The Labute approximate surface area is 47.3 Å². The van der Waals surface area contributed by atoms with Crippen molar-refractivity contribution < 1.29 is 10.0 Å². The van der Waals surface area contributed by atoms with Gasteiger partial charge in [-0.15, -0.1) is 0 Å².